The van der Waals surface area contributed by atoms with Gasteiger partial charge in [0.25, 0.3) is 0 Å². The minimum Gasteiger partial charge on any atom is -0.0985 e. The van der Waals surface area contributed by atoms with E-state index in [4.69, 9.17) is 0 Å². The summed E-state index contributed by atoms with van der Waals surface area (Å²) in [5.41, 5.74) is 6.64. The van der Waals surface area contributed by atoms with Crippen LogP contribution in [0.3, 0.4) is 0 Å². The summed E-state index contributed by atoms with van der Waals surface area (Å²) in [6, 6.07) is 14.9. The molecule has 0 atom stereocenters. The molecule has 0 spiro atoms. The lowest BCUT2D eigenvalue weighted by Gasteiger charge is -2.18. The van der Waals surface area contributed by atoms with Gasteiger partial charge in [-0.2, -0.15) is 0 Å². The lowest BCUT2D eigenvalue weighted by molar-refractivity contribution is 0.590. The zero-order valence-corrected chi connectivity index (χ0v) is 14.6. The van der Waals surface area contributed by atoms with Crippen LogP contribution in [0, 0.1) is 13.8 Å². The highest BCUT2D eigenvalue weighted by Crippen LogP contribution is 2.22. The van der Waals surface area contributed by atoms with Crippen LogP contribution in [-0.2, 0) is 5.41 Å². The predicted molar refractivity (Wildman–Crippen MR) is 101 cm³/mol. The highest BCUT2D eigenvalue weighted by Gasteiger charge is 2.12. The van der Waals surface area contributed by atoms with Crippen molar-refractivity contribution in [1.29, 1.82) is 0 Å². The average Bonchev–Trinajstić information content (AvgIpc) is 2.47. The maximum Gasteiger partial charge on any atom is -0.0132 e. The monoisotopic (exact) mass is 292 g/mol. The van der Waals surface area contributed by atoms with E-state index in [2.05, 4.69) is 90.2 Å². The van der Waals surface area contributed by atoms with Crippen LogP contribution in [0.2, 0.25) is 0 Å². The molecule has 116 valence electrons. The second-order valence-electron chi connectivity index (χ2n) is 6.64. The van der Waals surface area contributed by atoms with Crippen molar-refractivity contribution in [3.05, 3.63) is 83.4 Å². The molecule has 0 unspecified atom stereocenters. The van der Waals surface area contributed by atoms with Gasteiger partial charge in [-0.05, 0) is 41.5 Å². The van der Waals surface area contributed by atoms with Gasteiger partial charge in [0.1, 0.15) is 0 Å². The molecule has 0 bridgehead atoms. The molecule has 0 heteroatoms. The van der Waals surface area contributed by atoms with Crippen LogP contribution >= 0.6 is 0 Å². The van der Waals surface area contributed by atoms with Crippen molar-refractivity contribution >= 4 is 12.2 Å². The summed E-state index contributed by atoms with van der Waals surface area (Å²) in [4.78, 5) is 0. The first-order valence-corrected chi connectivity index (χ1v) is 7.70. The van der Waals surface area contributed by atoms with Crippen molar-refractivity contribution in [2.45, 2.75) is 40.0 Å². The molecule has 0 heterocycles. The highest BCUT2D eigenvalue weighted by molar-refractivity contribution is 5.52. The topological polar surface area (TPSA) is 0 Å². The largest absolute Gasteiger partial charge is 0.0985 e. The lowest BCUT2D eigenvalue weighted by atomic mass is 9.87. The van der Waals surface area contributed by atoms with Gasteiger partial charge in [0, 0.05) is 0 Å². The van der Waals surface area contributed by atoms with Gasteiger partial charge in [-0.15, -0.1) is 0 Å². The van der Waals surface area contributed by atoms with Gasteiger partial charge < -0.3 is 0 Å². The molecule has 0 saturated carbocycles. The van der Waals surface area contributed by atoms with Crippen molar-refractivity contribution in [2.24, 2.45) is 0 Å². The van der Waals surface area contributed by atoms with Crippen molar-refractivity contribution in [1.82, 2.24) is 0 Å². The molecule has 2 rings (SSSR count). The summed E-state index contributed by atoms with van der Waals surface area (Å²) in [6.45, 7) is 18.3. The third kappa shape index (κ3) is 5.37. The molecule has 0 aromatic heterocycles. The standard InChI is InChI=1S/C12H16.C10H12/c1-5-10-6-8-11(9-7-10)12(2,3)4;1-4-10-6-5-8(2)7-9(10)3/h5-9H,1H2,2-4H3;4-7H,1H2,2-3H3. The molecular formula is C22H28. The van der Waals surface area contributed by atoms with Crippen LogP contribution in [0.5, 0.6) is 0 Å². The number of rotatable bonds is 2. The van der Waals surface area contributed by atoms with E-state index in [0.717, 1.165) is 0 Å². The first kappa shape index (κ1) is 18.0. The van der Waals surface area contributed by atoms with Gasteiger partial charge in [-0.1, -0.05) is 94.1 Å². The molecule has 0 saturated heterocycles. The van der Waals surface area contributed by atoms with Crippen LogP contribution in [0.15, 0.2) is 55.6 Å². The smallest absolute Gasteiger partial charge is 0.0132 e. The Morgan fingerprint density at radius 3 is 1.82 bits per heavy atom. The van der Waals surface area contributed by atoms with Crippen LogP contribution < -0.4 is 0 Å². The van der Waals surface area contributed by atoms with Crippen LogP contribution in [0.4, 0.5) is 0 Å². The highest BCUT2D eigenvalue weighted by atomic mass is 14.2. The minimum atomic E-state index is 0.250. The van der Waals surface area contributed by atoms with Crippen molar-refractivity contribution in [2.75, 3.05) is 0 Å². The Kier molecular flexibility index (Phi) is 6.37. The molecule has 0 fully saturated rings. The Morgan fingerprint density at radius 2 is 1.41 bits per heavy atom. The molecule has 2 aromatic rings. The van der Waals surface area contributed by atoms with Crippen LogP contribution in [0.1, 0.15) is 48.6 Å². The first-order valence-electron chi connectivity index (χ1n) is 7.70. The lowest BCUT2D eigenvalue weighted by Crippen LogP contribution is -2.10. The van der Waals surface area contributed by atoms with Crippen LogP contribution in [0.25, 0.3) is 12.2 Å². The zero-order chi connectivity index (χ0) is 16.8. The Labute approximate surface area is 136 Å². The zero-order valence-electron chi connectivity index (χ0n) is 14.6. The third-order valence-corrected chi connectivity index (χ3v) is 3.66. The summed E-state index contributed by atoms with van der Waals surface area (Å²) in [5, 5.41) is 0. The summed E-state index contributed by atoms with van der Waals surface area (Å²) in [6.07, 6.45) is 3.75. The van der Waals surface area contributed by atoms with E-state index in [1.807, 2.05) is 12.2 Å². The van der Waals surface area contributed by atoms with Gasteiger partial charge in [0.2, 0.25) is 0 Å². The fraction of sp³-hybridized carbons (Fsp3) is 0.273. The molecule has 2 aromatic carbocycles. The van der Waals surface area contributed by atoms with Gasteiger partial charge >= 0.3 is 0 Å². The number of hydrogen-bond donors (Lipinski definition) is 0. The normalized spacial score (nSPS) is 10.4. The molecule has 0 aliphatic heterocycles. The minimum absolute atomic E-state index is 0.250. The quantitative estimate of drug-likeness (QED) is 0.587. The molecular weight excluding hydrogens is 264 g/mol. The van der Waals surface area contributed by atoms with E-state index in [9.17, 15) is 0 Å². The molecule has 0 radical (unpaired) electrons. The maximum absolute atomic E-state index is 3.72. The molecule has 0 N–H and O–H groups in total. The molecule has 0 nitrogen and oxygen atoms in total. The van der Waals surface area contributed by atoms with Crippen molar-refractivity contribution < 1.29 is 0 Å². The van der Waals surface area contributed by atoms with E-state index in [1.165, 1.54) is 27.8 Å². The van der Waals surface area contributed by atoms with Crippen molar-refractivity contribution in [3.63, 3.8) is 0 Å². The SMILES string of the molecule is C=Cc1ccc(C(C)(C)C)cc1.C=Cc1ccc(C)cc1C. The molecule has 0 aliphatic rings. The van der Waals surface area contributed by atoms with Crippen molar-refractivity contribution in [3.8, 4) is 0 Å². The molecule has 22 heavy (non-hydrogen) atoms. The van der Waals surface area contributed by atoms with Gasteiger partial charge in [-0.25, -0.2) is 0 Å². The maximum atomic E-state index is 3.72. The van der Waals surface area contributed by atoms with E-state index >= 15 is 0 Å². The van der Waals surface area contributed by atoms with Gasteiger partial charge in [0.15, 0.2) is 0 Å². The van der Waals surface area contributed by atoms with Gasteiger partial charge in [-0.3, -0.25) is 0 Å². The van der Waals surface area contributed by atoms with Crippen LogP contribution in [-0.4, -0.2) is 0 Å². The van der Waals surface area contributed by atoms with E-state index < -0.39 is 0 Å². The Morgan fingerprint density at radius 1 is 0.818 bits per heavy atom. The third-order valence-electron chi connectivity index (χ3n) is 3.66. The predicted octanol–water partition coefficient (Wildman–Crippen LogP) is 6.57. The fourth-order valence-electron chi connectivity index (χ4n) is 2.17. The summed E-state index contributed by atoms with van der Waals surface area (Å²) in [5.74, 6) is 0. The Hall–Kier alpha value is -2.08. The Balaban J connectivity index is 0.000000224. The number of aryl methyl sites for hydroxylation is 2. The second-order valence-corrected chi connectivity index (χ2v) is 6.64. The average molecular weight is 292 g/mol. The second kappa shape index (κ2) is 7.79. The number of hydrogen-bond acceptors (Lipinski definition) is 0. The van der Waals surface area contributed by atoms with Gasteiger partial charge in [0.05, 0.1) is 0 Å². The summed E-state index contributed by atoms with van der Waals surface area (Å²) < 4.78 is 0. The molecule has 0 aliphatic carbocycles. The number of benzene rings is 2. The van der Waals surface area contributed by atoms with E-state index in [-0.39, 0.29) is 5.41 Å². The molecule has 0 amide bonds. The van der Waals surface area contributed by atoms with E-state index in [0.29, 0.717) is 0 Å². The Bertz CT molecular complexity index is 622. The summed E-state index contributed by atoms with van der Waals surface area (Å²) >= 11 is 0. The summed E-state index contributed by atoms with van der Waals surface area (Å²) in [7, 11) is 0. The van der Waals surface area contributed by atoms with E-state index in [1.54, 1.807) is 0 Å². The first-order chi connectivity index (χ1) is 10.3. The fourth-order valence-corrected chi connectivity index (χ4v) is 2.17.